The highest BCUT2D eigenvalue weighted by molar-refractivity contribution is 5.94. The summed E-state index contributed by atoms with van der Waals surface area (Å²) in [5.41, 5.74) is 6.40. The number of nitrogens with zero attached hydrogens (tertiary/aromatic N) is 1. The summed E-state index contributed by atoms with van der Waals surface area (Å²) in [7, 11) is 0. The lowest BCUT2D eigenvalue weighted by Crippen LogP contribution is -2.57. The van der Waals surface area contributed by atoms with E-state index in [1.54, 1.807) is 13.8 Å². The molecule has 0 aliphatic carbocycles. The number of nitrogens with two attached hydrogens (primary N) is 1. The molecule has 29 heavy (non-hydrogen) atoms. The molecule has 0 radical (unpaired) electrons. The van der Waals surface area contributed by atoms with E-state index in [9.17, 15) is 19.2 Å². The van der Waals surface area contributed by atoms with Gasteiger partial charge in [-0.1, -0.05) is 13.8 Å². The van der Waals surface area contributed by atoms with Crippen molar-refractivity contribution in [2.75, 3.05) is 6.61 Å². The van der Waals surface area contributed by atoms with Gasteiger partial charge in [-0.2, -0.15) is 0 Å². The van der Waals surface area contributed by atoms with Crippen LogP contribution in [0, 0.1) is 5.92 Å². The Morgan fingerprint density at radius 3 is 2.17 bits per heavy atom. The Morgan fingerprint density at radius 2 is 1.69 bits per heavy atom. The third-order valence-electron chi connectivity index (χ3n) is 4.18. The number of nitrogens with one attached hydrogen (secondary N) is 4. The van der Waals surface area contributed by atoms with Crippen LogP contribution < -0.4 is 21.7 Å². The Balaban J connectivity index is 2.83. The van der Waals surface area contributed by atoms with E-state index < -0.39 is 54.5 Å². The third kappa shape index (κ3) is 7.50. The van der Waals surface area contributed by atoms with Crippen molar-refractivity contribution in [1.29, 1.82) is 0 Å². The van der Waals surface area contributed by atoms with Crippen LogP contribution in [0.25, 0.3) is 0 Å². The molecule has 162 valence electrons. The monoisotopic (exact) mass is 412 g/mol. The van der Waals surface area contributed by atoms with Gasteiger partial charge >= 0.3 is 5.97 Å². The van der Waals surface area contributed by atoms with Gasteiger partial charge in [-0.3, -0.25) is 14.4 Å². The van der Waals surface area contributed by atoms with Crippen LogP contribution in [0.5, 0.6) is 0 Å². The number of imidazole rings is 1. The fourth-order valence-corrected chi connectivity index (χ4v) is 2.26. The Kier molecular flexibility index (Phi) is 9.22. The molecule has 4 unspecified atom stereocenters. The zero-order valence-electron chi connectivity index (χ0n) is 16.5. The molecule has 1 rings (SSSR count). The van der Waals surface area contributed by atoms with Crippen LogP contribution in [0.1, 0.15) is 26.5 Å². The number of carboxylic acids is 1. The molecule has 0 spiro atoms. The van der Waals surface area contributed by atoms with Crippen LogP contribution in [0.3, 0.4) is 0 Å². The van der Waals surface area contributed by atoms with Crippen molar-refractivity contribution in [3.8, 4) is 0 Å². The number of carboxylic acid groups (broad SMARTS) is 1. The van der Waals surface area contributed by atoms with E-state index in [1.165, 1.54) is 19.4 Å². The number of H-pyrrole nitrogens is 1. The maximum Gasteiger partial charge on any atom is 0.328 e. The van der Waals surface area contributed by atoms with E-state index in [0.29, 0.717) is 5.69 Å². The van der Waals surface area contributed by atoms with Gasteiger partial charge < -0.3 is 36.9 Å². The fourth-order valence-electron chi connectivity index (χ4n) is 2.26. The number of carbonyl (C=O) groups excluding carboxylic acids is 3. The van der Waals surface area contributed by atoms with Crippen LogP contribution in [0.4, 0.5) is 0 Å². The second kappa shape index (κ2) is 11.1. The number of hydrogen-bond acceptors (Lipinski definition) is 7. The van der Waals surface area contributed by atoms with Gasteiger partial charge in [0, 0.05) is 18.3 Å². The molecule has 0 aromatic carbocycles. The molecular formula is C17H28N6O6. The molecule has 0 aliphatic heterocycles. The molecule has 0 bridgehead atoms. The minimum Gasteiger partial charge on any atom is -0.480 e. The number of carbonyl (C=O) groups is 4. The lowest BCUT2D eigenvalue weighted by molar-refractivity contribution is -0.143. The minimum absolute atomic E-state index is 0.0745. The van der Waals surface area contributed by atoms with Crippen molar-refractivity contribution < 1.29 is 29.4 Å². The lowest BCUT2D eigenvalue weighted by Gasteiger charge is -2.24. The summed E-state index contributed by atoms with van der Waals surface area (Å²) < 4.78 is 0. The summed E-state index contributed by atoms with van der Waals surface area (Å²) in [5.74, 6) is -3.55. The van der Waals surface area contributed by atoms with Gasteiger partial charge in [0.15, 0.2) is 0 Å². The molecular weight excluding hydrogens is 384 g/mol. The average molecular weight is 412 g/mol. The van der Waals surface area contributed by atoms with Crippen LogP contribution in [-0.2, 0) is 25.6 Å². The predicted octanol–water partition coefficient (Wildman–Crippen LogP) is -2.51. The molecule has 1 aromatic rings. The average Bonchev–Trinajstić information content (AvgIpc) is 3.17. The van der Waals surface area contributed by atoms with Crippen LogP contribution >= 0.6 is 0 Å². The number of aliphatic carboxylic acids is 1. The largest absolute Gasteiger partial charge is 0.480 e. The molecule has 1 heterocycles. The summed E-state index contributed by atoms with van der Waals surface area (Å²) in [6.07, 6.45) is 2.98. The quantitative estimate of drug-likeness (QED) is 0.206. The van der Waals surface area contributed by atoms with Gasteiger partial charge in [0.25, 0.3) is 0 Å². The van der Waals surface area contributed by atoms with Gasteiger partial charge in [-0.05, 0) is 12.8 Å². The number of aliphatic hydroxyl groups is 1. The predicted molar refractivity (Wildman–Crippen MR) is 101 cm³/mol. The third-order valence-corrected chi connectivity index (χ3v) is 4.18. The molecule has 0 saturated carbocycles. The minimum atomic E-state index is -1.49. The van der Waals surface area contributed by atoms with E-state index >= 15 is 0 Å². The molecule has 12 heteroatoms. The lowest BCUT2D eigenvalue weighted by atomic mass is 10.0. The fraction of sp³-hybridized carbons (Fsp3) is 0.588. The summed E-state index contributed by atoms with van der Waals surface area (Å²) in [5, 5.41) is 25.0. The Labute approximate surface area is 167 Å². The molecule has 0 fully saturated rings. The van der Waals surface area contributed by atoms with Crippen molar-refractivity contribution in [2.45, 2.75) is 51.4 Å². The normalized spacial score (nSPS) is 15.1. The smallest absolute Gasteiger partial charge is 0.328 e. The SMILES string of the molecule is CC(NC(=O)C(Cc1cnc[nH]1)NC(=O)C(N)C(C)C)C(=O)NC(CO)C(=O)O. The van der Waals surface area contributed by atoms with Crippen LogP contribution in [0.15, 0.2) is 12.5 Å². The van der Waals surface area contributed by atoms with Crippen LogP contribution in [0.2, 0.25) is 0 Å². The highest BCUT2D eigenvalue weighted by Gasteiger charge is 2.29. The Morgan fingerprint density at radius 1 is 1.07 bits per heavy atom. The molecule has 12 nitrogen and oxygen atoms in total. The molecule has 4 atom stereocenters. The zero-order valence-corrected chi connectivity index (χ0v) is 16.5. The van der Waals surface area contributed by atoms with Crippen molar-refractivity contribution >= 4 is 23.7 Å². The van der Waals surface area contributed by atoms with Gasteiger partial charge in [0.1, 0.15) is 18.1 Å². The van der Waals surface area contributed by atoms with Crippen molar-refractivity contribution in [2.24, 2.45) is 11.7 Å². The van der Waals surface area contributed by atoms with E-state index in [2.05, 4.69) is 25.9 Å². The summed E-state index contributed by atoms with van der Waals surface area (Å²) in [4.78, 5) is 54.6. The van der Waals surface area contributed by atoms with Gasteiger partial charge in [0.2, 0.25) is 17.7 Å². The van der Waals surface area contributed by atoms with Crippen LogP contribution in [-0.4, -0.2) is 74.6 Å². The van der Waals surface area contributed by atoms with E-state index in [4.69, 9.17) is 15.9 Å². The maximum atomic E-state index is 12.7. The van der Waals surface area contributed by atoms with E-state index in [-0.39, 0.29) is 12.3 Å². The van der Waals surface area contributed by atoms with E-state index in [0.717, 1.165) is 0 Å². The molecule has 8 N–H and O–H groups in total. The van der Waals surface area contributed by atoms with E-state index in [1.807, 2.05) is 0 Å². The molecule has 1 aromatic heterocycles. The first-order valence-corrected chi connectivity index (χ1v) is 9.04. The number of aromatic amines is 1. The summed E-state index contributed by atoms with van der Waals surface area (Å²) >= 11 is 0. The number of hydrogen-bond donors (Lipinski definition) is 7. The molecule has 0 saturated heterocycles. The Hall–Kier alpha value is -2.99. The maximum absolute atomic E-state index is 12.7. The number of aliphatic hydroxyl groups excluding tert-OH is 1. The highest BCUT2D eigenvalue weighted by Crippen LogP contribution is 2.03. The first-order valence-electron chi connectivity index (χ1n) is 9.04. The Bertz CT molecular complexity index is 707. The highest BCUT2D eigenvalue weighted by atomic mass is 16.4. The summed E-state index contributed by atoms with van der Waals surface area (Å²) in [6.45, 7) is 4.08. The zero-order chi connectivity index (χ0) is 22.1. The summed E-state index contributed by atoms with van der Waals surface area (Å²) in [6, 6.07) is -4.48. The number of amides is 3. The molecule has 3 amide bonds. The van der Waals surface area contributed by atoms with Crippen molar-refractivity contribution in [3.63, 3.8) is 0 Å². The molecule has 0 aliphatic rings. The first kappa shape index (κ1) is 24.0. The standard InChI is InChI=1S/C17H28N6O6/c1-8(2)13(18)16(27)22-11(4-10-5-19-7-20-10)15(26)21-9(3)14(25)23-12(6-24)17(28)29/h5,7-9,11-13,24H,4,6,18H2,1-3H3,(H,19,20)(H,21,26)(H,22,27)(H,23,25)(H,28,29). The van der Waals surface area contributed by atoms with Crippen molar-refractivity contribution in [1.82, 2.24) is 25.9 Å². The van der Waals surface area contributed by atoms with Gasteiger partial charge in [-0.25, -0.2) is 9.78 Å². The number of aromatic nitrogens is 2. The van der Waals surface area contributed by atoms with Gasteiger partial charge in [0.05, 0.1) is 19.0 Å². The second-order valence-electron chi connectivity index (χ2n) is 6.92. The first-order chi connectivity index (χ1) is 13.6. The van der Waals surface area contributed by atoms with Crippen molar-refractivity contribution in [3.05, 3.63) is 18.2 Å². The van der Waals surface area contributed by atoms with Gasteiger partial charge in [-0.15, -0.1) is 0 Å². The topological polar surface area (TPSA) is 200 Å². The second-order valence-corrected chi connectivity index (χ2v) is 6.92. The number of rotatable bonds is 11.